The van der Waals surface area contributed by atoms with Crippen LogP contribution in [0.15, 0.2) is 48.5 Å². The summed E-state index contributed by atoms with van der Waals surface area (Å²) in [5, 5.41) is 0. The highest BCUT2D eigenvalue weighted by atomic mass is 16.5. The molecule has 2 heterocycles. The van der Waals surface area contributed by atoms with Crippen molar-refractivity contribution in [2.75, 3.05) is 58.4 Å². The van der Waals surface area contributed by atoms with Crippen LogP contribution in [0, 0.1) is 0 Å². The van der Waals surface area contributed by atoms with E-state index in [1.807, 2.05) is 36.4 Å². The van der Waals surface area contributed by atoms with E-state index in [1.165, 1.54) is 31.2 Å². The van der Waals surface area contributed by atoms with Crippen molar-refractivity contribution >= 4 is 11.7 Å². The van der Waals surface area contributed by atoms with E-state index in [2.05, 4.69) is 26.8 Å². The van der Waals surface area contributed by atoms with Gasteiger partial charge >= 0.3 is 5.97 Å². The fourth-order valence-corrected chi connectivity index (χ4v) is 4.81. The summed E-state index contributed by atoms with van der Waals surface area (Å²) in [6, 6.07) is 16.7. The molecule has 2 aliphatic heterocycles. The molecular formula is C25H33N3O3. The summed E-state index contributed by atoms with van der Waals surface area (Å²) in [6.45, 7) is 7.41. The molecule has 0 radical (unpaired) electrons. The summed E-state index contributed by atoms with van der Waals surface area (Å²) in [5.74, 6) is 0.676. The van der Waals surface area contributed by atoms with Gasteiger partial charge in [0, 0.05) is 45.3 Å². The van der Waals surface area contributed by atoms with Gasteiger partial charge in [0.2, 0.25) is 0 Å². The van der Waals surface area contributed by atoms with Crippen molar-refractivity contribution in [3.05, 3.63) is 59.7 Å². The molecule has 6 heteroatoms. The van der Waals surface area contributed by atoms with E-state index in [1.54, 1.807) is 7.11 Å². The first kappa shape index (κ1) is 21.7. The molecular weight excluding hydrogens is 390 g/mol. The van der Waals surface area contributed by atoms with Crippen molar-refractivity contribution in [2.45, 2.75) is 25.4 Å². The van der Waals surface area contributed by atoms with Crippen LogP contribution in [0.1, 0.15) is 28.8 Å². The zero-order valence-corrected chi connectivity index (χ0v) is 18.6. The number of hydrogen-bond donors (Lipinski definition) is 0. The lowest BCUT2D eigenvalue weighted by Crippen LogP contribution is -2.55. The quantitative estimate of drug-likeness (QED) is 0.665. The Labute approximate surface area is 185 Å². The fraction of sp³-hybridized carbons (Fsp3) is 0.480. The number of rotatable bonds is 6. The molecule has 2 saturated heterocycles. The Bertz CT molecular complexity index is 863. The number of hydrogen-bond acceptors (Lipinski definition) is 6. The summed E-state index contributed by atoms with van der Waals surface area (Å²) < 4.78 is 10.3. The van der Waals surface area contributed by atoms with Gasteiger partial charge in [0.25, 0.3) is 0 Å². The topological polar surface area (TPSA) is 45.2 Å². The minimum atomic E-state index is -0.281. The molecule has 0 aliphatic carbocycles. The lowest BCUT2D eigenvalue weighted by molar-refractivity contribution is 0.0600. The highest BCUT2D eigenvalue weighted by Gasteiger charge is 2.28. The van der Waals surface area contributed by atoms with Crippen LogP contribution in [0.4, 0.5) is 5.69 Å². The van der Waals surface area contributed by atoms with Crippen LogP contribution >= 0.6 is 0 Å². The number of anilines is 1. The lowest BCUT2D eigenvalue weighted by Gasteiger charge is -2.44. The van der Waals surface area contributed by atoms with Gasteiger partial charge in [-0.25, -0.2) is 4.79 Å². The number of likely N-dealkylation sites (tertiary alicyclic amines) is 1. The highest BCUT2D eigenvalue weighted by Crippen LogP contribution is 2.29. The Balaban J connectivity index is 1.30. The zero-order chi connectivity index (χ0) is 21.6. The van der Waals surface area contributed by atoms with Crippen molar-refractivity contribution < 1.29 is 14.3 Å². The summed E-state index contributed by atoms with van der Waals surface area (Å²) >= 11 is 0. The Kier molecular flexibility index (Phi) is 7.10. The number of ether oxygens (including phenoxy) is 2. The molecule has 31 heavy (non-hydrogen) atoms. The van der Waals surface area contributed by atoms with Gasteiger partial charge in [0.1, 0.15) is 5.75 Å². The van der Waals surface area contributed by atoms with E-state index in [0.717, 1.165) is 51.6 Å². The molecule has 0 amide bonds. The van der Waals surface area contributed by atoms with Gasteiger partial charge in [-0.2, -0.15) is 0 Å². The summed E-state index contributed by atoms with van der Waals surface area (Å²) in [7, 11) is 3.16. The summed E-state index contributed by atoms with van der Waals surface area (Å²) in [5.41, 5.74) is 3.05. The van der Waals surface area contributed by atoms with Crippen molar-refractivity contribution in [2.24, 2.45) is 0 Å². The summed E-state index contributed by atoms with van der Waals surface area (Å²) in [4.78, 5) is 19.3. The molecule has 2 aromatic carbocycles. The monoisotopic (exact) mass is 423 g/mol. The second kappa shape index (κ2) is 10.2. The number of piperazine rings is 1. The van der Waals surface area contributed by atoms with Gasteiger partial charge in [-0.1, -0.05) is 24.3 Å². The molecule has 0 spiro atoms. The second-order valence-corrected chi connectivity index (χ2v) is 8.41. The van der Waals surface area contributed by atoms with E-state index in [0.29, 0.717) is 11.6 Å². The molecule has 166 valence electrons. The van der Waals surface area contributed by atoms with Gasteiger partial charge in [-0.3, -0.25) is 9.80 Å². The maximum Gasteiger partial charge on any atom is 0.337 e. The van der Waals surface area contributed by atoms with Crippen LogP contribution in [0.2, 0.25) is 0 Å². The zero-order valence-electron chi connectivity index (χ0n) is 18.6. The van der Waals surface area contributed by atoms with Gasteiger partial charge in [0.05, 0.1) is 25.5 Å². The Morgan fingerprint density at radius 2 is 1.71 bits per heavy atom. The van der Waals surface area contributed by atoms with Gasteiger partial charge in [-0.15, -0.1) is 0 Å². The second-order valence-electron chi connectivity index (χ2n) is 8.41. The predicted molar refractivity (Wildman–Crippen MR) is 123 cm³/mol. The normalized spacial score (nSPS) is 20.5. The first-order valence-electron chi connectivity index (χ1n) is 11.2. The molecule has 0 unspecified atom stereocenters. The van der Waals surface area contributed by atoms with Crippen molar-refractivity contribution in [1.29, 1.82) is 0 Å². The van der Waals surface area contributed by atoms with Gasteiger partial charge < -0.3 is 14.4 Å². The van der Waals surface area contributed by atoms with Crippen LogP contribution in [-0.2, 0) is 11.3 Å². The van der Waals surface area contributed by atoms with Crippen LogP contribution in [0.3, 0.4) is 0 Å². The molecule has 0 saturated carbocycles. The van der Waals surface area contributed by atoms with Gasteiger partial charge in [-0.05, 0) is 49.2 Å². The van der Waals surface area contributed by atoms with Crippen molar-refractivity contribution in [3.8, 4) is 5.75 Å². The highest BCUT2D eigenvalue weighted by molar-refractivity contribution is 5.89. The Morgan fingerprint density at radius 3 is 2.42 bits per heavy atom. The number of benzene rings is 2. The molecule has 0 aromatic heterocycles. The standard InChI is InChI=1S/C25H33N3O3/c1-30-24-8-4-3-7-23(24)28-16-14-27(15-17-28)22-6-5-13-26(19-22)18-20-9-11-21(12-10-20)25(29)31-2/h3-4,7-12,22H,5-6,13-19H2,1-2H3/t22-/m1/s1. The number of carbonyl (C=O) groups excluding carboxylic acids is 1. The minimum absolute atomic E-state index is 0.281. The largest absolute Gasteiger partial charge is 0.495 e. The maximum absolute atomic E-state index is 11.6. The van der Waals surface area contributed by atoms with Crippen LogP contribution in [0.5, 0.6) is 5.75 Å². The third kappa shape index (κ3) is 5.20. The van der Waals surface area contributed by atoms with Crippen molar-refractivity contribution in [1.82, 2.24) is 9.80 Å². The first-order chi connectivity index (χ1) is 15.2. The summed E-state index contributed by atoms with van der Waals surface area (Å²) in [6.07, 6.45) is 2.50. The van der Waals surface area contributed by atoms with Crippen LogP contribution < -0.4 is 9.64 Å². The number of carbonyl (C=O) groups is 1. The lowest BCUT2D eigenvalue weighted by atomic mass is 10.0. The molecule has 2 aliphatic rings. The van der Waals surface area contributed by atoms with Gasteiger partial charge in [0.15, 0.2) is 0 Å². The molecule has 0 N–H and O–H groups in total. The SMILES string of the molecule is COC(=O)c1ccc(CN2CCC[C@@H](N3CCN(c4ccccc4OC)CC3)C2)cc1. The number of para-hydroxylation sites is 2. The fourth-order valence-electron chi connectivity index (χ4n) is 4.81. The Hall–Kier alpha value is -2.57. The molecule has 4 rings (SSSR count). The van der Waals surface area contributed by atoms with E-state index in [-0.39, 0.29) is 5.97 Å². The minimum Gasteiger partial charge on any atom is -0.495 e. The maximum atomic E-state index is 11.6. The number of esters is 1. The molecule has 2 aromatic rings. The third-order valence-corrected chi connectivity index (χ3v) is 6.52. The molecule has 6 nitrogen and oxygen atoms in total. The molecule has 2 fully saturated rings. The van der Waals surface area contributed by atoms with Crippen LogP contribution in [-0.4, -0.2) is 75.3 Å². The number of piperidine rings is 1. The molecule has 1 atom stereocenters. The smallest absolute Gasteiger partial charge is 0.337 e. The third-order valence-electron chi connectivity index (χ3n) is 6.52. The van der Waals surface area contributed by atoms with E-state index in [9.17, 15) is 4.79 Å². The Morgan fingerprint density at radius 1 is 0.968 bits per heavy atom. The first-order valence-corrected chi connectivity index (χ1v) is 11.2. The van der Waals surface area contributed by atoms with E-state index in [4.69, 9.17) is 9.47 Å². The number of methoxy groups -OCH3 is 2. The average molecular weight is 424 g/mol. The van der Waals surface area contributed by atoms with Crippen LogP contribution in [0.25, 0.3) is 0 Å². The number of nitrogens with zero attached hydrogens (tertiary/aromatic N) is 3. The van der Waals surface area contributed by atoms with E-state index >= 15 is 0 Å². The van der Waals surface area contributed by atoms with Crippen molar-refractivity contribution in [3.63, 3.8) is 0 Å². The predicted octanol–water partition coefficient (Wildman–Crippen LogP) is 3.27. The molecule has 0 bridgehead atoms. The van der Waals surface area contributed by atoms with E-state index < -0.39 is 0 Å². The average Bonchev–Trinajstić information content (AvgIpc) is 2.84.